The minimum absolute atomic E-state index is 0.254. The highest BCUT2D eigenvalue weighted by Crippen LogP contribution is 2.32. The summed E-state index contributed by atoms with van der Waals surface area (Å²) in [5.74, 6) is 0.740. The Morgan fingerprint density at radius 3 is 2.59 bits per heavy atom. The molecule has 178 valence electrons. The molecule has 0 radical (unpaired) electrons. The highest BCUT2D eigenvalue weighted by Gasteiger charge is 2.20. The zero-order chi connectivity index (χ0) is 24.1. The molecule has 4 aromatic rings. The Labute approximate surface area is 199 Å². The van der Waals surface area contributed by atoms with Gasteiger partial charge in [-0.15, -0.1) is 0 Å². The largest absolute Gasteiger partial charge is 0.383 e. The molecule has 0 saturated carbocycles. The van der Waals surface area contributed by atoms with Crippen LogP contribution in [0.4, 0.5) is 15.9 Å². The van der Waals surface area contributed by atoms with Crippen LogP contribution >= 0.6 is 0 Å². The molecule has 4 rings (SSSR count). The predicted molar refractivity (Wildman–Crippen MR) is 138 cm³/mol. The molecule has 1 unspecified atom stereocenters. The van der Waals surface area contributed by atoms with Gasteiger partial charge in [-0.3, -0.25) is 4.79 Å². The molecule has 0 fully saturated rings. The van der Waals surface area contributed by atoms with Crippen molar-refractivity contribution in [2.24, 2.45) is 5.92 Å². The number of nitrogens with two attached hydrogens (primary N) is 1. The van der Waals surface area contributed by atoms with Crippen molar-refractivity contribution < 1.29 is 4.39 Å². The summed E-state index contributed by atoms with van der Waals surface area (Å²) < 4.78 is 15.2. The number of anilines is 2. The van der Waals surface area contributed by atoms with Gasteiger partial charge in [0.1, 0.15) is 22.8 Å². The molecule has 0 aliphatic carbocycles. The van der Waals surface area contributed by atoms with Gasteiger partial charge in [-0.25, -0.2) is 14.4 Å². The number of halogens is 1. The van der Waals surface area contributed by atoms with Crippen molar-refractivity contribution in [1.82, 2.24) is 14.5 Å². The Balaban J connectivity index is 1.76. The lowest BCUT2D eigenvalue weighted by molar-refractivity contribution is 0.398. The fourth-order valence-corrected chi connectivity index (χ4v) is 4.37. The maximum atomic E-state index is 13.2. The molecule has 0 saturated heterocycles. The van der Waals surface area contributed by atoms with Crippen LogP contribution < -0.4 is 16.6 Å². The Morgan fingerprint density at radius 1 is 1.09 bits per heavy atom. The summed E-state index contributed by atoms with van der Waals surface area (Å²) >= 11 is 0. The van der Waals surface area contributed by atoms with Crippen LogP contribution in [0, 0.1) is 11.7 Å². The molecule has 2 heterocycles. The number of para-hydroxylation sites is 1. The molecule has 0 aliphatic rings. The number of unbranched alkanes of at least 4 members (excludes halogenated alkanes) is 1. The van der Waals surface area contributed by atoms with Crippen molar-refractivity contribution >= 4 is 33.6 Å². The van der Waals surface area contributed by atoms with Gasteiger partial charge >= 0.3 is 0 Å². The van der Waals surface area contributed by atoms with Gasteiger partial charge in [0.05, 0.1) is 10.9 Å². The number of benzene rings is 2. The number of fused-ring (bicyclic) bond motifs is 2. The Bertz CT molecular complexity index is 1330. The zero-order valence-electron chi connectivity index (χ0n) is 19.9. The maximum Gasteiger partial charge on any atom is 0.279 e. The maximum absolute atomic E-state index is 13.2. The van der Waals surface area contributed by atoms with Gasteiger partial charge in [0.2, 0.25) is 0 Å². The number of aromatic nitrogens is 3. The summed E-state index contributed by atoms with van der Waals surface area (Å²) in [4.78, 5) is 22.3. The molecule has 0 spiro atoms. The van der Waals surface area contributed by atoms with E-state index in [9.17, 15) is 9.18 Å². The average molecular weight is 462 g/mol. The molecule has 0 aliphatic heterocycles. The lowest BCUT2D eigenvalue weighted by Crippen LogP contribution is -2.14. The van der Waals surface area contributed by atoms with Crippen molar-refractivity contribution in [3.63, 3.8) is 0 Å². The van der Waals surface area contributed by atoms with E-state index >= 15 is 0 Å². The summed E-state index contributed by atoms with van der Waals surface area (Å²) in [6.07, 6.45) is 5.13. The van der Waals surface area contributed by atoms with Gasteiger partial charge in [-0.05, 0) is 48.6 Å². The molecular formula is C27H32FN5O. The number of nitrogens with one attached hydrogen (secondary N) is 1. The second kappa shape index (κ2) is 10.6. The Kier molecular flexibility index (Phi) is 7.40. The summed E-state index contributed by atoms with van der Waals surface area (Å²) in [5.41, 5.74) is 9.68. The van der Waals surface area contributed by atoms with Crippen LogP contribution in [-0.4, -0.2) is 21.1 Å². The zero-order valence-corrected chi connectivity index (χ0v) is 19.9. The van der Waals surface area contributed by atoms with E-state index in [1.807, 2.05) is 22.8 Å². The average Bonchev–Trinajstić information content (AvgIpc) is 2.98. The minimum atomic E-state index is -0.324. The SMILES string of the molecule is CCCCC(CC)Cn1c(N)c(NCCc2ccc(F)cc2)c2nc(=O)c3ccccc3nc21. The summed E-state index contributed by atoms with van der Waals surface area (Å²) in [7, 11) is 0. The lowest BCUT2D eigenvalue weighted by atomic mass is 9.99. The normalized spacial score (nSPS) is 12.3. The van der Waals surface area contributed by atoms with Crippen LogP contribution in [0.25, 0.3) is 22.1 Å². The fourth-order valence-electron chi connectivity index (χ4n) is 4.37. The Hall–Kier alpha value is -3.48. The van der Waals surface area contributed by atoms with Crippen LogP contribution in [0.3, 0.4) is 0 Å². The number of nitrogens with zero attached hydrogens (tertiary/aromatic N) is 3. The van der Waals surface area contributed by atoms with Crippen LogP contribution in [0.1, 0.15) is 45.1 Å². The summed E-state index contributed by atoms with van der Waals surface area (Å²) in [6, 6.07) is 13.7. The van der Waals surface area contributed by atoms with E-state index in [1.54, 1.807) is 18.2 Å². The molecule has 34 heavy (non-hydrogen) atoms. The van der Waals surface area contributed by atoms with E-state index in [2.05, 4.69) is 24.1 Å². The molecular weight excluding hydrogens is 429 g/mol. The smallest absolute Gasteiger partial charge is 0.279 e. The third-order valence-corrected chi connectivity index (χ3v) is 6.44. The van der Waals surface area contributed by atoms with Gasteiger partial charge in [-0.2, -0.15) is 0 Å². The number of hydrogen-bond acceptors (Lipinski definition) is 5. The number of nitrogen functional groups attached to an aromatic ring is 1. The predicted octanol–water partition coefficient (Wildman–Crippen LogP) is 5.54. The van der Waals surface area contributed by atoms with E-state index in [0.29, 0.717) is 52.5 Å². The van der Waals surface area contributed by atoms with E-state index in [1.165, 1.54) is 12.1 Å². The highest BCUT2D eigenvalue weighted by molar-refractivity contribution is 5.96. The third kappa shape index (κ3) is 5.03. The summed E-state index contributed by atoms with van der Waals surface area (Å²) in [5, 5.41) is 3.87. The van der Waals surface area contributed by atoms with Crippen LogP contribution in [-0.2, 0) is 13.0 Å². The van der Waals surface area contributed by atoms with Crippen LogP contribution in [0.15, 0.2) is 53.3 Å². The molecule has 1 atom stereocenters. The first kappa shape index (κ1) is 23.7. The van der Waals surface area contributed by atoms with E-state index < -0.39 is 0 Å². The Morgan fingerprint density at radius 2 is 1.85 bits per heavy atom. The van der Waals surface area contributed by atoms with Crippen LogP contribution in [0.2, 0.25) is 0 Å². The molecule has 6 nitrogen and oxygen atoms in total. The molecule has 2 aromatic carbocycles. The van der Waals surface area contributed by atoms with E-state index in [4.69, 9.17) is 10.7 Å². The minimum Gasteiger partial charge on any atom is -0.383 e. The first-order valence-electron chi connectivity index (χ1n) is 12.1. The second-order valence-electron chi connectivity index (χ2n) is 8.81. The lowest BCUT2D eigenvalue weighted by Gasteiger charge is -2.17. The van der Waals surface area contributed by atoms with Crippen LogP contribution in [0.5, 0.6) is 0 Å². The molecule has 2 aromatic heterocycles. The van der Waals surface area contributed by atoms with Gasteiger partial charge in [0.15, 0.2) is 5.65 Å². The molecule has 3 N–H and O–H groups in total. The first-order valence-corrected chi connectivity index (χ1v) is 12.1. The van der Waals surface area contributed by atoms with E-state index in [-0.39, 0.29) is 11.4 Å². The van der Waals surface area contributed by atoms with Gasteiger partial charge in [-0.1, -0.05) is 57.4 Å². The van der Waals surface area contributed by atoms with Crippen molar-refractivity contribution in [1.29, 1.82) is 0 Å². The highest BCUT2D eigenvalue weighted by atomic mass is 19.1. The first-order chi connectivity index (χ1) is 16.5. The number of rotatable bonds is 10. The van der Waals surface area contributed by atoms with E-state index in [0.717, 1.165) is 37.8 Å². The van der Waals surface area contributed by atoms with Gasteiger partial charge in [0.25, 0.3) is 5.56 Å². The van der Waals surface area contributed by atoms with Crippen molar-refractivity contribution in [3.8, 4) is 0 Å². The molecule has 0 amide bonds. The topological polar surface area (TPSA) is 85.8 Å². The van der Waals surface area contributed by atoms with Crippen molar-refractivity contribution in [2.75, 3.05) is 17.6 Å². The standard InChI is InChI=1S/C27H32FN5O/c1-3-5-8-18(4-2)17-33-25(29)23(30-16-15-19-11-13-20(28)14-12-19)24-26(33)31-22-10-7-6-9-21(22)27(34)32-24/h6-7,9-14,18,30H,3-5,8,15-17,29H2,1-2H3. The second-order valence-corrected chi connectivity index (χ2v) is 8.81. The van der Waals surface area contributed by atoms with Gasteiger partial charge in [0, 0.05) is 13.1 Å². The monoisotopic (exact) mass is 461 g/mol. The number of hydrogen-bond donors (Lipinski definition) is 2. The molecule has 7 heteroatoms. The molecule has 0 bridgehead atoms. The van der Waals surface area contributed by atoms with Crippen molar-refractivity contribution in [3.05, 3.63) is 70.3 Å². The fraction of sp³-hybridized carbons (Fsp3) is 0.370. The third-order valence-electron chi connectivity index (χ3n) is 6.44. The van der Waals surface area contributed by atoms with Gasteiger partial charge < -0.3 is 15.6 Å². The quantitative estimate of drug-likeness (QED) is 0.324. The van der Waals surface area contributed by atoms with Crippen molar-refractivity contribution in [2.45, 2.75) is 52.5 Å². The summed E-state index contributed by atoms with van der Waals surface area (Å²) in [6.45, 7) is 5.68.